The molecule has 86 valence electrons. The molecule has 2 aromatic rings. The van der Waals surface area contributed by atoms with E-state index in [0.29, 0.717) is 5.92 Å². The summed E-state index contributed by atoms with van der Waals surface area (Å²) in [4.78, 5) is 4.42. The Balaban J connectivity index is 2.78. The first-order valence-corrected chi connectivity index (χ1v) is 5.87. The van der Waals surface area contributed by atoms with Crippen LogP contribution in [0.2, 0.25) is 0 Å². The fraction of sp³-hybridized carbons (Fsp3) is 0.500. The van der Waals surface area contributed by atoms with E-state index in [9.17, 15) is 0 Å². The molecule has 0 atom stereocenters. The minimum Gasteiger partial charge on any atom is -0.305 e. The van der Waals surface area contributed by atoms with Crippen LogP contribution in [0.5, 0.6) is 0 Å². The van der Waals surface area contributed by atoms with Gasteiger partial charge in [0.25, 0.3) is 0 Å². The predicted octanol–water partition coefficient (Wildman–Crippen LogP) is 3.76. The topological polar surface area (TPSA) is 17.3 Å². The molecule has 0 unspecified atom stereocenters. The smallest absolute Gasteiger partial charge is 0.137 e. The van der Waals surface area contributed by atoms with E-state index in [4.69, 9.17) is 0 Å². The minimum atomic E-state index is 0.174. The Morgan fingerprint density at radius 3 is 2.50 bits per heavy atom. The first-order chi connectivity index (χ1) is 7.41. The van der Waals surface area contributed by atoms with Crippen LogP contribution in [-0.2, 0) is 5.41 Å². The Morgan fingerprint density at radius 1 is 1.25 bits per heavy atom. The van der Waals surface area contributed by atoms with Gasteiger partial charge in [-0.25, -0.2) is 4.98 Å². The lowest BCUT2D eigenvalue weighted by Gasteiger charge is -2.21. The molecule has 0 aliphatic carbocycles. The lowest BCUT2D eigenvalue weighted by atomic mass is 9.84. The molecule has 0 spiro atoms. The van der Waals surface area contributed by atoms with Crippen LogP contribution in [0.3, 0.4) is 0 Å². The van der Waals surface area contributed by atoms with Crippen molar-refractivity contribution in [1.82, 2.24) is 9.38 Å². The van der Waals surface area contributed by atoms with Crippen LogP contribution in [0.4, 0.5) is 0 Å². The third-order valence-corrected chi connectivity index (χ3v) is 2.94. The molecule has 2 aromatic heterocycles. The number of hydrogen-bond acceptors (Lipinski definition) is 1. The van der Waals surface area contributed by atoms with E-state index in [-0.39, 0.29) is 5.41 Å². The lowest BCUT2D eigenvalue weighted by Crippen LogP contribution is -2.14. The quantitative estimate of drug-likeness (QED) is 0.709. The molecule has 0 bridgehead atoms. The number of nitrogens with zero attached hydrogens (tertiary/aromatic N) is 2. The fourth-order valence-corrected chi connectivity index (χ4v) is 2.22. The van der Waals surface area contributed by atoms with Gasteiger partial charge in [0.15, 0.2) is 0 Å². The Kier molecular flexibility index (Phi) is 2.53. The van der Waals surface area contributed by atoms with Crippen molar-refractivity contribution in [2.75, 3.05) is 0 Å². The monoisotopic (exact) mass is 216 g/mol. The molecule has 0 radical (unpaired) electrons. The van der Waals surface area contributed by atoms with Gasteiger partial charge in [-0.1, -0.05) is 34.6 Å². The fourth-order valence-electron chi connectivity index (χ4n) is 2.22. The molecule has 0 saturated heterocycles. The van der Waals surface area contributed by atoms with Crippen molar-refractivity contribution in [2.24, 2.45) is 0 Å². The van der Waals surface area contributed by atoms with Crippen molar-refractivity contribution in [1.29, 1.82) is 0 Å². The Labute approximate surface area is 97.3 Å². The highest BCUT2D eigenvalue weighted by Gasteiger charge is 2.23. The Hall–Kier alpha value is -1.31. The highest BCUT2D eigenvalue weighted by atomic mass is 15.0. The minimum absolute atomic E-state index is 0.174. The predicted molar refractivity (Wildman–Crippen MR) is 68.0 cm³/mol. The number of hydrogen-bond donors (Lipinski definition) is 0. The zero-order valence-corrected chi connectivity index (χ0v) is 10.8. The normalized spacial score (nSPS) is 12.6. The van der Waals surface area contributed by atoms with Gasteiger partial charge in [-0.2, -0.15) is 0 Å². The standard InChI is InChI=1S/C14H20N2/c1-10(2)13-11(14(3,4)5)9-12-15-7-6-8-16(12)13/h6-10H,1-5H3. The summed E-state index contributed by atoms with van der Waals surface area (Å²) < 4.78 is 2.21. The zero-order valence-electron chi connectivity index (χ0n) is 10.8. The van der Waals surface area contributed by atoms with E-state index in [1.807, 2.05) is 12.3 Å². The van der Waals surface area contributed by atoms with Crippen LogP contribution in [-0.4, -0.2) is 9.38 Å². The highest BCUT2D eigenvalue weighted by molar-refractivity contribution is 5.50. The third kappa shape index (κ3) is 1.73. The van der Waals surface area contributed by atoms with E-state index < -0.39 is 0 Å². The van der Waals surface area contributed by atoms with Gasteiger partial charge in [0.2, 0.25) is 0 Å². The number of rotatable bonds is 1. The van der Waals surface area contributed by atoms with Crippen LogP contribution in [0.25, 0.3) is 5.65 Å². The van der Waals surface area contributed by atoms with E-state index in [0.717, 1.165) is 5.65 Å². The summed E-state index contributed by atoms with van der Waals surface area (Å²) in [6.07, 6.45) is 3.96. The molecule has 16 heavy (non-hydrogen) atoms. The van der Waals surface area contributed by atoms with Gasteiger partial charge in [-0.05, 0) is 29.0 Å². The maximum atomic E-state index is 4.42. The molecule has 2 heteroatoms. The van der Waals surface area contributed by atoms with Crippen molar-refractivity contribution in [3.8, 4) is 0 Å². The Bertz CT molecular complexity index is 501. The van der Waals surface area contributed by atoms with E-state index in [2.05, 4.69) is 56.3 Å². The van der Waals surface area contributed by atoms with E-state index >= 15 is 0 Å². The molecular formula is C14H20N2. The van der Waals surface area contributed by atoms with Gasteiger partial charge in [-0.3, -0.25) is 0 Å². The molecule has 0 amide bonds. The van der Waals surface area contributed by atoms with Crippen LogP contribution < -0.4 is 0 Å². The third-order valence-electron chi connectivity index (χ3n) is 2.94. The molecule has 0 fully saturated rings. The van der Waals surface area contributed by atoms with Gasteiger partial charge >= 0.3 is 0 Å². The summed E-state index contributed by atoms with van der Waals surface area (Å²) in [5, 5.41) is 0. The molecule has 2 nitrogen and oxygen atoms in total. The van der Waals surface area contributed by atoms with Gasteiger partial charge in [0.1, 0.15) is 5.65 Å². The van der Waals surface area contributed by atoms with Gasteiger partial charge in [0, 0.05) is 18.1 Å². The van der Waals surface area contributed by atoms with Crippen LogP contribution in [0.1, 0.15) is 51.8 Å². The highest BCUT2D eigenvalue weighted by Crippen LogP contribution is 2.32. The lowest BCUT2D eigenvalue weighted by molar-refractivity contribution is 0.574. The van der Waals surface area contributed by atoms with E-state index in [1.165, 1.54) is 11.3 Å². The van der Waals surface area contributed by atoms with Crippen molar-refractivity contribution in [2.45, 2.75) is 46.0 Å². The van der Waals surface area contributed by atoms with Crippen molar-refractivity contribution in [3.63, 3.8) is 0 Å². The largest absolute Gasteiger partial charge is 0.305 e. The van der Waals surface area contributed by atoms with Crippen molar-refractivity contribution in [3.05, 3.63) is 35.8 Å². The summed E-state index contributed by atoms with van der Waals surface area (Å²) in [7, 11) is 0. The summed E-state index contributed by atoms with van der Waals surface area (Å²) in [5.41, 5.74) is 4.01. The summed E-state index contributed by atoms with van der Waals surface area (Å²) in [6.45, 7) is 11.3. The van der Waals surface area contributed by atoms with Crippen LogP contribution >= 0.6 is 0 Å². The first-order valence-electron chi connectivity index (χ1n) is 5.87. The average Bonchev–Trinajstić information content (AvgIpc) is 2.55. The first kappa shape index (κ1) is 11.2. The second kappa shape index (κ2) is 3.62. The molecule has 0 aliphatic heterocycles. The number of aromatic nitrogens is 2. The van der Waals surface area contributed by atoms with Crippen molar-refractivity contribution >= 4 is 5.65 Å². The van der Waals surface area contributed by atoms with Gasteiger partial charge in [-0.15, -0.1) is 0 Å². The Morgan fingerprint density at radius 2 is 1.94 bits per heavy atom. The van der Waals surface area contributed by atoms with Crippen molar-refractivity contribution < 1.29 is 0 Å². The van der Waals surface area contributed by atoms with Crippen LogP contribution in [0.15, 0.2) is 24.5 Å². The van der Waals surface area contributed by atoms with E-state index in [1.54, 1.807) is 0 Å². The maximum Gasteiger partial charge on any atom is 0.137 e. The molecule has 2 rings (SSSR count). The maximum absolute atomic E-state index is 4.42. The molecule has 0 N–H and O–H groups in total. The van der Waals surface area contributed by atoms with Gasteiger partial charge in [0.05, 0.1) is 0 Å². The SMILES string of the molecule is CC(C)c1c(C(C)(C)C)cc2ncccn12. The molecule has 2 heterocycles. The van der Waals surface area contributed by atoms with Crippen LogP contribution in [0, 0.1) is 0 Å². The zero-order chi connectivity index (χ0) is 11.9. The molecule has 0 aliphatic rings. The second-order valence-electron chi connectivity index (χ2n) is 5.70. The van der Waals surface area contributed by atoms with Gasteiger partial charge < -0.3 is 4.40 Å². The summed E-state index contributed by atoms with van der Waals surface area (Å²) >= 11 is 0. The molecular weight excluding hydrogens is 196 g/mol. The second-order valence-corrected chi connectivity index (χ2v) is 5.70. The summed E-state index contributed by atoms with van der Waals surface area (Å²) in [6, 6.07) is 4.21. The molecule has 0 aromatic carbocycles. The number of fused-ring (bicyclic) bond motifs is 1. The average molecular weight is 216 g/mol. The summed E-state index contributed by atoms with van der Waals surface area (Å²) in [5.74, 6) is 0.515. The molecule has 0 saturated carbocycles.